The van der Waals surface area contributed by atoms with Crippen molar-refractivity contribution in [2.75, 3.05) is 6.54 Å². The van der Waals surface area contributed by atoms with Gasteiger partial charge < -0.3 is 16.3 Å². The number of hydrogen-bond donors (Lipinski definition) is 3. The molecule has 2 aliphatic rings. The minimum atomic E-state index is 0.286. The molecule has 0 spiro atoms. The van der Waals surface area contributed by atoms with Crippen molar-refractivity contribution < 1.29 is 5.21 Å². The van der Waals surface area contributed by atoms with Crippen LogP contribution in [0, 0.1) is 11.3 Å². The van der Waals surface area contributed by atoms with Crippen LogP contribution in [-0.2, 0) is 0 Å². The summed E-state index contributed by atoms with van der Waals surface area (Å²) in [5, 5.41) is 15.3. The maximum Gasteiger partial charge on any atom is 0.139 e. The summed E-state index contributed by atoms with van der Waals surface area (Å²) >= 11 is 0. The zero-order valence-corrected chi connectivity index (χ0v) is 10.1. The van der Waals surface area contributed by atoms with Gasteiger partial charge in [0.15, 0.2) is 0 Å². The van der Waals surface area contributed by atoms with Crippen LogP contribution in [0.1, 0.15) is 45.4 Å². The van der Waals surface area contributed by atoms with E-state index in [1.807, 2.05) is 0 Å². The Morgan fingerprint density at radius 3 is 2.69 bits per heavy atom. The van der Waals surface area contributed by atoms with Gasteiger partial charge in [-0.2, -0.15) is 0 Å². The van der Waals surface area contributed by atoms with Gasteiger partial charge in [0.05, 0.1) is 0 Å². The van der Waals surface area contributed by atoms with Gasteiger partial charge >= 0.3 is 0 Å². The summed E-state index contributed by atoms with van der Waals surface area (Å²) in [6.45, 7) is 3.30. The van der Waals surface area contributed by atoms with Gasteiger partial charge in [-0.3, -0.25) is 0 Å². The van der Waals surface area contributed by atoms with Crippen LogP contribution in [0.25, 0.3) is 0 Å². The highest BCUT2D eigenvalue weighted by molar-refractivity contribution is 5.80. The summed E-state index contributed by atoms with van der Waals surface area (Å²) in [4.78, 5) is 0. The molecule has 92 valence electrons. The molecule has 0 saturated heterocycles. The molecule has 4 nitrogen and oxygen atoms in total. The third kappa shape index (κ3) is 2.67. The second kappa shape index (κ2) is 4.62. The summed E-state index contributed by atoms with van der Waals surface area (Å²) in [7, 11) is 0. The SMILES string of the molecule is CC(NCC1(CC(N)=NO)CC1)C1CCC1. The van der Waals surface area contributed by atoms with Gasteiger partial charge in [0.2, 0.25) is 0 Å². The van der Waals surface area contributed by atoms with Crippen LogP contribution in [-0.4, -0.2) is 23.6 Å². The number of nitrogens with zero attached hydrogens (tertiary/aromatic N) is 1. The van der Waals surface area contributed by atoms with E-state index in [2.05, 4.69) is 17.4 Å². The molecule has 0 aromatic heterocycles. The molecule has 1 unspecified atom stereocenters. The highest BCUT2D eigenvalue weighted by Crippen LogP contribution is 2.48. The Hall–Kier alpha value is -0.770. The van der Waals surface area contributed by atoms with Crippen molar-refractivity contribution in [2.24, 2.45) is 22.2 Å². The molecule has 0 bridgehead atoms. The monoisotopic (exact) mass is 225 g/mol. The van der Waals surface area contributed by atoms with Crippen molar-refractivity contribution in [3.63, 3.8) is 0 Å². The molecule has 16 heavy (non-hydrogen) atoms. The van der Waals surface area contributed by atoms with Gasteiger partial charge in [-0.05, 0) is 43.9 Å². The summed E-state index contributed by atoms with van der Waals surface area (Å²) in [5.41, 5.74) is 5.86. The summed E-state index contributed by atoms with van der Waals surface area (Å²) in [5.74, 6) is 1.25. The maximum atomic E-state index is 8.58. The van der Waals surface area contributed by atoms with Crippen molar-refractivity contribution >= 4 is 5.84 Å². The van der Waals surface area contributed by atoms with Gasteiger partial charge in [-0.15, -0.1) is 0 Å². The number of nitrogens with two attached hydrogens (primary N) is 1. The molecule has 0 aromatic rings. The standard InChI is InChI=1S/C12H23N3O/c1-9(10-3-2-4-10)14-8-12(5-6-12)7-11(13)15-16/h9-10,14,16H,2-8H2,1H3,(H2,13,15). The minimum Gasteiger partial charge on any atom is -0.409 e. The van der Waals surface area contributed by atoms with E-state index < -0.39 is 0 Å². The molecule has 4 heteroatoms. The van der Waals surface area contributed by atoms with Crippen LogP contribution in [0.4, 0.5) is 0 Å². The Balaban J connectivity index is 1.72. The van der Waals surface area contributed by atoms with E-state index in [0.717, 1.165) is 18.9 Å². The Labute approximate surface area is 97.3 Å². The van der Waals surface area contributed by atoms with Crippen LogP contribution in [0.5, 0.6) is 0 Å². The molecular weight excluding hydrogens is 202 g/mol. The average Bonchev–Trinajstić information content (AvgIpc) is 2.93. The van der Waals surface area contributed by atoms with E-state index in [1.54, 1.807) is 0 Å². The number of nitrogens with one attached hydrogen (secondary N) is 1. The first-order valence-electron chi connectivity index (χ1n) is 6.35. The molecule has 2 fully saturated rings. The fourth-order valence-corrected chi connectivity index (χ4v) is 2.50. The van der Waals surface area contributed by atoms with Crippen molar-refractivity contribution in [1.29, 1.82) is 0 Å². The predicted octanol–water partition coefficient (Wildman–Crippen LogP) is 1.68. The third-order valence-corrected chi connectivity index (χ3v) is 4.30. The van der Waals surface area contributed by atoms with Gasteiger partial charge in [0.25, 0.3) is 0 Å². The van der Waals surface area contributed by atoms with Crippen molar-refractivity contribution in [3.05, 3.63) is 0 Å². The van der Waals surface area contributed by atoms with Crippen LogP contribution >= 0.6 is 0 Å². The first kappa shape index (κ1) is 11.7. The van der Waals surface area contributed by atoms with Gasteiger partial charge in [0, 0.05) is 19.0 Å². The van der Waals surface area contributed by atoms with Crippen molar-refractivity contribution in [2.45, 2.75) is 51.5 Å². The lowest BCUT2D eigenvalue weighted by Crippen LogP contribution is -2.40. The van der Waals surface area contributed by atoms with E-state index in [4.69, 9.17) is 10.9 Å². The Morgan fingerprint density at radius 2 is 2.25 bits per heavy atom. The normalized spacial score (nSPS) is 26.2. The molecule has 2 saturated carbocycles. The smallest absolute Gasteiger partial charge is 0.139 e. The zero-order valence-electron chi connectivity index (χ0n) is 10.1. The molecule has 0 heterocycles. The van der Waals surface area contributed by atoms with E-state index in [0.29, 0.717) is 11.9 Å². The lowest BCUT2D eigenvalue weighted by molar-refractivity contribution is 0.231. The fraction of sp³-hybridized carbons (Fsp3) is 0.917. The molecule has 0 aromatic carbocycles. The molecule has 0 aliphatic heterocycles. The summed E-state index contributed by atoms with van der Waals surface area (Å²) in [6, 6.07) is 0.624. The molecule has 2 rings (SSSR count). The molecule has 0 amide bonds. The maximum absolute atomic E-state index is 8.58. The number of rotatable bonds is 6. The van der Waals surface area contributed by atoms with Crippen molar-refractivity contribution in [3.8, 4) is 0 Å². The Morgan fingerprint density at radius 1 is 1.56 bits per heavy atom. The first-order chi connectivity index (χ1) is 7.65. The fourth-order valence-electron chi connectivity index (χ4n) is 2.50. The number of amidine groups is 1. The number of oxime groups is 1. The molecule has 1 atom stereocenters. The second-order valence-electron chi connectivity index (χ2n) is 5.63. The van der Waals surface area contributed by atoms with E-state index in [9.17, 15) is 0 Å². The molecule has 4 N–H and O–H groups in total. The van der Waals surface area contributed by atoms with Gasteiger partial charge in [0.1, 0.15) is 5.84 Å². The van der Waals surface area contributed by atoms with Gasteiger partial charge in [-0.25, -0.2) is 0 Å². The summed E-state index contributed by atoms with van der Waals surface area (Å²) in [6.07, 6.45) is 7.28. The Kier molecular flexibility index (Phi) is 3.38. The minimum absolute atomic E-state index is 0.286. The highest BCUT2D eigenvalue weighted by Gasteiger charge is 2.43. The first-order valence-corrected chi connectivity index (χ1v) is 6.35. The largest absolute Gasteiger partial charge is 0.409 e. The lowest BCUT2D eigenvalue weighted by Gasteiger charge is -2.33. The van der Waals surface area contributed by atoms with Gasteiger partial charge in [-0.1, -0.05) is 11.6 Å². The second-order valence-corrected chi connectivity index (χ2v) is 5.63. The third-order valence-electron chi connectivity index (χ3n) is 4.30. The van der Waals surface area contributed by atoms with Crippen LogP contribution in [0.3, 0.4) is 0 Å². The Bertz CT molecular complexity index is 269. The molecule has 2 aliphatic carbocycles. The quantitative estimate of drug-likeness (QED) is 0.279. The van der Waals surface area contributed by atoms with E-state index >= 15 is 0 Å². The van der Waals surface area contributed by atoms with E-state index in [-0.39, 0.29) is 5.41 Å². The lowest BCUT2D eigenvalue weighted by atomic mass is 9.80. The van der Waals surface area contributed by atoms with E-state index in [1.165, 1.54) is 32.1 Å². The van der Waals surface area contributed by atoms with Crippen molar-refractivity contribution in [1.82, 2.24) is 5.32 Å². The average molecular weight is 225 g/mol. The van der Waals surface area contributed by atoms with Crippen LogP contribution in [0.15, 0.2) is 5.16 Å². The van der Waals surface area contributed by atoms with Crippen LogP contribution < -0.4 is 11.1 Å². The van der Waals surface area contributed by atoms with Crippen LogP contribution in [0.2, 0.25) is 0 Å². The zero-order chi connectivity index (χ0) is 11.6. The molecule has 0 radical (unpaired) electrons. The topological polar surface area (TPSA) is 70.6 Å². The predicted molar refractivity (Wildman–Crippen MR) is 64.5 cm³/mol. The summed E-state index contributed by atoms with van der Waals surface area (Å²) < 4.78 is 0. The molecular formula is C12H23N3O. The number of hydrogen-bond acceptors (Lipinski definition) is 3. The highest BCUT2D eigenvalue weighted by atomic mass is 16.4.